The van der Waals surface area contributed by atoms with Gasteiger partial charge in [-0.15, -0.1) is 0 Å². The number of ether oxygens (including phenoxy) is 13. The number of cyclic esters (lactones) is 1. The van der Waals surface area contributed by atoms with E-state index in [1.54, 1.807) is 101 Å². The van der Waals surface area contributed by atoms with Crippen molar-refractivity contribution in [1.82, 2.24) is 44.9 Å². The van der Waals surface area contributed by atoms with Crippen molar-refractivity contribution in [2.45, 2.75) is 24.9 Å². The van der Waals surface area contributed by atoms with Gasteiger partial charge < -0.3 is 99.6 Å². The van der Waals surface area contributed by atoms with Crippen molar-refractivity contribution in [2.75, 3.05) is 145 Å². The Kier molecular flexibility index (Phi) is 22.2. The van der Waals surface area contributed by atoms with Crippen LogP contribution in [0.15, 0.2) is 97.6 Å². The van der Waals surface area contributed by atoms with Gasteiger partial charge in [-0.2, -0.15) is 0 Å². The lowest BCUT2D eigenvalue weighted by Crippen LogP contribution is -2.53. The molecular weight excluding hydrogens is 1410 g/mol. The quantitative estimate of drug-likeness (QED) is 0.168. The summed E-state index contributed by atoms with van der Waals surface area (Å²) in [5.41, 5.74) is 23.1. The molecule has 9 amide bonds. The monoisotopic (exact) mass is 1490 g/mol. The normalized spacial score (nSPS) is 21.6. The van der Waals surface area contributed by atoms with Crippen molar-refractivity contribution in [1.29, 1.82) is 0 Å². The van der Waals surface area contributed by atoms with Crippen LogP contribution in [0.3, 0.4) is 0 Å². The number of primary amides is 4. The zero-order valence-electron chi connectivity index (χ0n) is 58.6. The molecule has 0 spiro atoms. The summed E-state index contributed by atoms with van der Waals surface area (Å²) in [4.78, 5) is 119. The molecule has 10 aliphatic rings. The Hall–Kier alpha value is -11.9. The van der Waals surface area contributed by atoms with Gasteiger partial charge in [0.05, 0.1) is 67.9 Å². The van der Waals surface area contributed by atoms with Crippen molar-refractivity contribution in [3.05, 3.63) is 120 Å². The van der Waals surface area contributed by atoms with Gasteiger partial charge in [-0.1, -0.05) is 0 Å². The number of carbonyl (C=O) groups is 8. The van der Waals surface area contributed by atoms with Crippen LogP contribution in [0.1, 0.15) is 54.3 Å². The molecule has 9 aliphatic heterocycles. The van der Waals surface area contributed by atoms with Crippen molar-refractivity contribution < 1.29 is 99.9 Å². The fourth-order valence-corrected chi connectivity index (χ4v) is 14.2. The van der Waals surface area contributed by atoms with Crippen molar-refractivity contribution in [3.63, 3.8) is 0 Å². The van der Waals surface area contributed by atoms with Gasteiger partial charge in [0.15, 0.2) is 0 Å². The summed E-state index contributed by atoms with van der Waals surface area (Å²) in [6.45, 7) is 7.05. The number of nitrogens with one attached hydrogen (secondary N) is 1. The third-order valence-corrected chi connectivity index (χ3v) is 19.9. The first kappa shape index (κ1) is 73.0. The number of hydrogen-bond acceptors (Lipinski definition) is 25. The van der Waals surface area contributed by atoms with Crippen LogP contribution in [0.4, 0.5) is 9.59 Å². The van der Waals surface area contributed by atoms with Crippen LogP contribution in [0.5, 0.6) is 46.5 Å². The molecule has 5 fully saturated rings. The van der Waals surface area contributed by atoms with Crippen LogP contribution in [0.25, 0.3) is 43.1 Å². The van der Waals surface area contributed by atoms with E-state index in [1.165, 1.54) is 4.90 Å². The standard InChI is InChI=1S/C22H25N3O5.C18H19N3O5.C17H18N4O5.C17H17N3O6/c23-21(27)17-7-13-3-4-24-22-16(13)8-19(17)29-6-5-28-12-20(26)25-9-14-1-2-15(11-30-22)18(14)10-25;19-17(23)14-5-12-1-2-20-18-13(12)6-15(14)25-4-3-24-10-16(22)21-7-11(8-21)9-26-18;18-15(22)13-5-10-1-2-19-16-12(10)6-14(13)25-4-3-24-9-21-11(8-26-16)7-20-17(21)23;18-15(21)13-5-10-1-2-19-16-12(10)6-14(13)24-4-3-23-9-20-11(7-25-16)8-26-17(20)22/h3-4,7-8,14-15,18H,1-2,5-6,9-12H2,(H2,23,27);1-2,5-6,11H,3-4,7-10H2,(H2,19,23);1-2,5-6,11H,3-4,7-9H2,(H2,18,22)(H,20,23);1-2,5-6,11H,3-4,7-9H2,(H2,18,21)/t14-,15?,18+;;;/m0.../s1. The first-order chi connectivity index (χ1) is 52.5. The second-order valence-electron chi connectivity index (χ2n) is 26.8. The highest BCUT2D eigenvalue weighted by Gasteiger charge is 2.45. The first-order valence-corrected chi connectivity index (χ1v) is 35.3. The highest BCUT2D eigenvalue weighted by atomic mass is 16.6. The number of amides is 9. The minimum Gasteiger partial charge on any atom is -0.490 e. The van der Waals surface area contributed by atoms with Crippen LogP contribution in [-0.2, 0) is 33.3 Å². The number of carbonyl (C=O) groups excluding carboxylic acids is 8. The Labute approximate surface area is 616 Å². The molecule has 566 valence electrons. The largest absolute Gasteiger partial charge is 0.490 e. The summed E-state index contributed by atoms with van der Waals surface area (Å²) in [5, 5.41) is 8.82. The molecule has 5 atom stereocenters. The van der Waals surface area contributed by atoms with Crippen molar-refractivity contribution in [3.8, 4) is 46.5 Å². The molecular formula is C74H79N13O21. The average molecular weight is 1490 g/mol. The molecule has 8 aromatic rings. The third kappa shape index (κ3) is 16.4. The summed E-state index contributed by atoms with van der Waals surface area (Å²) >= 11 is 0. The number of rotatable bonds is 4. The van der Waals surface area contributed by atoms with Crippen LogP contribution < -0.4 is 66.1 Å². The fourth-order valence-electron chi connectivity index (χ4n) is 14.2. The second kappa shape index (κ2) is 32.9. The number of pyridine rings is 4. The summed E-state index contributed by atoms with van der Waals surface area (Å²) in [6.07, 6.45) is 8.24. The predicted octanol–water partition coefficient (Wildman–Crippen LogP) is 3.56. The maximum atomic E-state index is 12.5. The van der Waals surface area contributed by atoms with Gasteiger partial charge in [-0.3, -0.25) is 38.6 Å². The maximum absolute atomic E-state index is 12.5. The topological polar surface area (TPSA) is 437 Å². The van der Waals surface area contributed by atoms with E-state index >= 15 is 0 Å². The van der Waals surface area contributed by atoms with E-state index in [0.29, 0.717) is 113 Å². The summed E-state index contributed by atoms with van der Waals surface area (Å²) in [5.74, 6) is 2.47. The van der Waals surface area contributed by atoms with Crippen LogP contribution in [0.2, 0.25) is 0 Å². The van der Waals surface area contributed by atoms with Crippen LogP contribution in [0, 0.1) is 23.7 Å². The lowest BCUT2D eigenvalue weighted by Gasteiger charge is -2.38. The van der Waals surface area contributed by atoms with E-state index in [4.69, 9.17) is 84.5 Å². The third-order valence-electron chi connectivity index (χ3n) is 19.9. The summed E-state index contributed by atoms with van der Waals surface area (Å²) < 4.78 is 73.5. The number of aromatic nitrogens is 4. The molecule has 108 heavy (non-hydrogen) atoms. The van der Waals surface area contributed by atoms with Gasteiger partial charge in [-0.25, -0.2) is 29.5 Å². The van der Waals surface area contributed by atoms with Gasteiger partial charge in [0.1, 0.15) is 102 Å². The summed E-state index contributed by atoms with van der Waals surface area (Å²) in [7, 11) is 0. The average Bonchev–Trinajstić information content (AvgIpc) is 1.09. The number of nitrogens with two attached hydrogens (primary N) is 4. The molecule has 34 nitrogen and oxygen atoms in total. The zero-order chi connectivity index (χ0) is 75.0. The SMILES string of the molecule is NC(=O)c1cc2ccnc3c2cc1OCCOCC(=O)N1CC(CO3)C1.NC(=O)c1cc2ccnc3c2cc1OCCOCC(=O)N1C[C@@H]2CCC(CO3)[C@@H]2C1.NC(=O)c1cc2ccnc3c2cc1OCCOCN1C(=O)NCC1CO3.NC(=O)c1cc2ccnc3c2cc1OCCOCN1C(=O)OCC1CO3. The number of hydrogen-bond donors (Lipinski definition) is 5. The molecule has 4 aromatic carbocycles. The van der Waals surface area contributed by atoms with Gasteiger partial charge >= 0.3 is 12.1 Å². The van der Waals surface area contributed by atoms with Crippen molar-refractivity contribution >= 4 is 90.7 Å². The Bertz CT molecular complexity index is 4630. The molecule has 18 rings (SSSR count). The molecule has 1 saturated carbocycles. The maximum Gasteiger partial charge on any atom is 0.412 e. The molecule has 4 saturated heterocycles. The number of benzene rings is 4. The Balaban J connectivity index is 0.000000121. The molecule has 3 unspecified atom stereocenters. The number of fused-ring (bicyclic) bond motifs is 12. The molecule has 1 aliphatic carbocycles. The van der Waals surface area contributed by atoms with E-state index in [1.807, 2.05) is 11.0 Å². The van der Waals surface area contributed by atoms with Gasteiger partial charge in [0, 0.05) is 85.0 Å². The highest BCUT2D eigenvalue weighted by Crippen LogP contribution is 2.44. The predicted molar refractivity (Wildman–Crippen MR) is 381 cm³/mol. The lowest BCUT2D eigenvalue weighted by molar-refractivity contribution is -0.143. The van der Waals surface area contributed by atoms with E-state index in [9.17, 15) is 38.4 Å². The number of urea groups is 1. The number of nitrogens with zero attached hydrogens (tertiary/aromatic N) is 8. The smallest absolute Gasteiger partial charge is 0.412 e. The van der Waals surface area contributed by atoms with Gasteiger partial charge in [0.25, 0.3) is 23.6 Å². The Morgan fingerprint density at radius 1 is 0.398 bits per heavy atom. The molecule has 12 bridgehead atoms. The van der Waals surface area contributed by atoms with Crippen LogP contribution in [-0.4, -0.2) is 244 Å². The van der Waals surface area contributed by atoms with Gasteiger partial charge in [-0.05, 0) is 125 Å². The van der Waals surface area contributed by atoms with E-state index < -0.39 is 29.7 Å². The van der Waals surface area contributed by atoms with Crippen molar-refractivity contribution in [2.24, 2.45) is 46.6 Å². The minimum atomic E-state index is -0.588. The Morgan fingerprint density at radius 3 is 1.22 bits per heavy atom. The highest BCUT2D eigenvalue weighted by molar-refractivity contribution is 6.05. The summed E-state index contributed by atoms with van der Waals surface area (Å²) in [6, 6.07) is 20.1. The van der Waals surface area contributed by atoms with E-state index in [0.717, 1.165) is 58.2 Å². The van der Waals surface area contributed by atoms with Crippen LogP contribution >= 0.6 is 0 Å². The lowest BCUT2D eigenvalue weighted by atomic mass is 9.93. The second-order valence-corrected chi connectivity index (χ2v) is 26.8. The zero-order valence-corrected chi connectivity index (χ0v) is 58.6. The minimum absolute atomic E-state index is 0.0143. The molecule has 34 heteroatoms. The van der Waals surface area contributed by atoms with E-state index in [2.05, 4.69) is 25.3 Å². The van der Waals surface area contributed by atoms with Gasteiger partial charge in [0.2, 0.25) is 35.3 Å². The molecule has 4 aromatic heterocycles. The molecule has 13 heterocycles. The molecule has 9 N–H and O–H groups in total. The fraction of sp³-hybridized carbons (Fsp3) is 0.405. The van der Waals surface area contributed by atoms with E-state index in [-0.39, 0.29) is 152 Å². The Morgan fingerprint density at radius 2 is 0.778 bits per heavy atom. The molecule has 0 radical (unpaired) electrons. The first-order valence-electron chi connectivity index (χ1n) is 35.3.